The predicted molar refractivity (Wildman–Crippen MR) is 109 cm³/mol. The highest BCUT2D eigenvalue weighted by atomic mass is 35.5. The van der Waals surface area contributed by atoms with Crippen LogP contribution in [0.15, 0.2) is 53.4 Å². The molecule has 0 aliphatic carbocycles. The van der Waals surface area contributed by atoms with Gasteiger partial charge in [-0.15, -0.1) is 0 Å². The third kappa shape index (κ3) is 4.17. The van der Waals surface area contributed by atoms with E-state index >= 15 is 0 Å². The first-order valence-corrected chi connectivity index (χ1v) is 10.5. The van der Waals surface area contributed by atoms with Crippen molar-refractivity contribution in [1.82, 2.24) is 9.21 Å². The summed E-state index contributed by atoms with van der Waals surface area (Å²) in [7, 11) is -3.51. The number of hydrogen-bond donors (Lipinski definition) is 1. The maximum absolute atomic E-state index is 12.7. The van der Waals surface area contributed by atoms with Crippen molar-refractivity contribution >= 4 is 44.6 Å². The van der Waals surface area contributed by atoms with Gasteiger partial charge in [-0.3, -0.25) is 0 Å². The molecule has 1 aliphatic heterocycles. The molecule has 1 fully saturated rings. The Labute approximate surface area is 164 Å². The zero-order valence-corrected chi connectivity index (χ0v) is 16.7. The molecule has 1 saturated heterocycles. The minimum atomic E-state index is -3.51. The van der Waals surface area contributed by atoms with E-state index in [0.29, 0.717) is 36.3 Å². The SMILES string of the molecule is Cc1ccccc1NC(=S)N1CCN(S(=O)(=O)c2ccc(Cl)cc2)CC1. The van der Waals surface area contributed by atoms with Crippen LogP contribution in [0.5, 0.6) is 0 Å². The van der Waals surface area contributed by atoms with Crippen LogP contribution in [0.1, 0.15) is 5.56 Å². The number of piperazine rings is 1. The van der Waals surface area contributed by atoms with Gasteiger partial charge in [-0.05, 0) is 55.0 Å². The van der Waals surface area contributed by atoms with Crippen molar-refractivity contribution in [3.63, 3.8) is 0 Å². The summed E-state index contributed by atoms with van der Waals surface area (Å²) in [5.74, 6) is 0. The number of hydrogen-bond acceptors (Lipinski definition) is 3. The van der Waals surface area contributed by atoms with Crippen LogP contribution in [0.2, 0.25) is 5.02 Å². The van der Waals surface area contributed by atoms with Gasteiger partial charge in [0, 0.05) is 36.9 Å². The highest BCUT2D eigenvalue weighted by molar-refractivity contribution is 7.89. The molecule has 1 heterocycles. The molecule has 1 N–H and O–H groups in total. The minimum absolute atomic E-state index is 0.260. The molecule has 138 valence electrons. The quantitative estimate of drug-likeness (QED) is 0.788. The van der Waals surface area contributed by atoms with Crippen LogP contribution in [0.25, 0.3) is 0 Å². The number of nitrogens with one attached hydrogen (secondary N) is 1. The number of nitrogens with zero attached hydrogens (tertiary/aromatic N) is 2. The van der Waals surface area contributed by atoms with Crippen LogP contribution in [0.4, 0.5) is 5.69 Å². The van der Waals surface area contributed by atoms with Crippen molar-refractivity contribution in [3.8, 4) is 0 Å². The average molecular weight is 410 g/mol. The van der Waals surface area contributed by atoms with Crippen molar-refractivity contribution in [3.05, 3.63) is 59.1 Å². The van der Waals surface area contributed by atoms with Crippen LogP contribution in [-0.4, -0.2) is 48.9 Å². The monoisotopic (exact) mass is 409 g/mol. The molecule has 2 aromatic carbocycles. The molecule has 0 bridgehead atoms. The van der Waals surface area contributed by atoms with Gasteiger partial charge in [0.1, 0.15) is 0 Å². The number of halogens is 1. The molecule has 0 atom stereocenters. The molecule has 0 spiro atoms. The summed E-state index contributed by atoms with van der Waals surface area (Å²) < 4.78 is 26.9. The maximum atomic E-state index is 12.7. The lowest BCUT2D eigenvalue weighted by Crippen LogP contribution is -2.51. The van der Waals surface area contributed by atoms with Crippen LogP contribution in [0, 0.1) is 6.92 Å². The lowest BCUT2D eigenvalue weighted by Gasteiger charge is -2.35. The summed E-state index contributed by atoms with van der Waals surface area (Å²) in [4.78, 5) is 2.26. The summed E-state index contributed by atoms with van der Waals surface area (Å²) in [6.07, 6.45) is 0. The predicted octanol–water partition coefficient (Wildman–Crippen LogP) is 3.35. The molecule has 0 unspecified atom stereocenters. The Morgan fingerprint density at radius 1 is 1.04 bits per heavy atom. The fourth-order valence-corrected chi connectivity index (χ4v) is 4.64. The van der Waals surface area contributed by atoms with E-state index in [2.05, 4.69) is 5.32 Å². The van der Waals surface area contributed by atoms with Crippen molar-refractivity contribution in [2.24, 2.45) is 0 Å². The van der Waals surface area contributed by atoms with Gasteiger partial charge in [0.25, 0.3) is 0 Å². The zero-order chi connectivity index (χ0) is 18.7. The van der Waals surface area contributed by atoms with E-state index in [1.165, 1.54) is 16.4 Å². The molecule has 3 rings (SSSR count). The first-order chi connectivity index (χ1) is 12.4. The van der Waals surface area contributed by atoms with Crippen LogP contribution in [0.3, 0.4) is 0 Å². The Morgan fingerprint density at radius 3 is 2.27 bits per heavy atom. The second kappa shape index (κ2) is 7.92. The first-order valence-electron chi connectivity index (χ1n) is 8.25. The molecule has 2 aromatic rings. The number of thiocarbonyl (C=S) groups is 1. The number of para-hydroxylation sites is 1. The van der Waals surface area contributed by atoms with Gasteiger partial charge in [0.15, 0.2) is 5.11 Å². The van der Waals surface area contributed by atoms with Crippen molar-refractivity contribution in [2.45, 2.75) is 11.8 Å². The van der Waals surface area contributed by atoms with Crippen LogP contribution < -0.4 is 5.32 Å². The minimum Gasteiger partial charge on any atom is -0.346 e. The summed E-state index contributed by atoms with van der Waals surface area (Å²) in [5.41, 5.74) is 2.08. The maximum Gasteiger partial charge on any atom is 0.243 e. The van der Waals surface area contributed by atoms with Crippen molar-refractivity contribution in [1.29, 1.82) is 0 Å². The lowest BCUT2D eigenvalue weighted by atomic mass is 10.2. The topological polar surface area (TPSA) is 52.6 Å². The molecule has 5 nitrogen and oxygen atoms in total. The van der Waals surface area contributed by atoms with Gasteiger partial charge in [-0.25, -0.2) is 8.42 Å². The molecule has 1 aliphatic rings. The Hall–Kier alpha value is -1.67. The van der Waals surface area contributed by atoms with Crippen LogP contribution in [-0.2, 0) is 10.0 Å². The van der Waals surface area contributed by atoms with Gasteiger partial charge in [0.2, 0.25) is 10.0 Å². The zero-order valence-electron chi connectivity index (χ0n) is 14.4. The van der Waals surface area contributed by atoms with Gasteiger partial charge < -0.3 is 10.2 Å². The second-order valence-electron chi connectivity index (χ2n) is 6.09. The molecule has 0 saturated carbocycles. The van der Waals surface area contributed by atoms with E-state index in [0.717, 1.165) is 11.3 Å². The van der Waals surface area contributed by atoms with Crippen molar-refractivity contribution in [2.75, 3.05) is 31.5 Å². The fraction of sp³-hybridized carbons (Fsp3) is 0.278. The molecule has 0 amide bonds. The highest BCUT2D eigenvalue weighted by Gasteiger charge is 2.29. The lowest BCUT2D eigenvalue weighted by molar-refractivity contribution is 0.268. The van der Waals surface area contributed by atoms with Gasteiger partial charge in [-0.1, -0.05) is 29.8 Å². The molecule has 8 heteroatoms. The van der Waals surface area contributed by atoms with Gasteiger partial charge >= 0.3 is 0 Å². The number of benzene rings is 2. The first kappa shape index (κ1) is 19.1. The molecule has 0 aromatic heterocycles. The number of rotatable bonds is 3. The fourth-order valence-electron chi connectivity index (χ4n) is 2.79. The van der Waals surface area contributed by atoms with E-state index in [4.69, 9.17) is 23.8 Å². The average Bonchev–Trinajstić information content (AvgIpc) is 2.64. The third-order valence-corrected chi connectivity index (χ3v) is 6.89. The summed E-state index contributed by atoms with van der Waals surface area (Å²) in [6.45, 7) is 3.89. The van der Waals surface area contributed by atoms with E-state index in [-0.39, 0.29) is 4.90 Å². The standard InChI is InChI=1S/C18H20ClN3O2S2/c1-14-4-2-3-5-17(14)20-18(25)21-10-12-22(13-11-21)26(23,24)16-8-6-15(19)7-9-16/h2-9H,10-13H2,1H3,(H,20,25). The molecular formula is C18H20ClN3O2S2. The third-order valence-electron chi connectivity index (χ3n) is 4.36. The van der Waals surface area contributed by atoms with E-state index in [1.54, 1.807) is 12.1 Å². The number of sulfonamides is 1. The van der Waals surface area contributed by atoms with E-state index in [1.807, 2.05) is 36.1 Å². The van der Waals surface area contributed by atoms with E-state index in [9.17, 15) is 8.42 Å². The number of anilines is 1. The number of aryl methyl sites for hydroxylation is 1. The second-order valence-corrected chi connectivity index (χ2v) is 8.85. The molecule has 0 radical (unpaired) electrons. The summed E-state index contributed by atoms with van der Waals surface area (Å²) in [5, 5.41) is 4.38. The summed E-state index contributed by atoms with van der Waals surface area (Å²) >= 11 is 11.3. The molecular weight excluding hydrogens is 390 g/mol. The normalized spacial score (nSPS) is 15.7. The van der Waals surface area contributed by atoms with Gasteiger partial charge in [-0.2, -0.15) is 4.31 Å². The largest absolute Gasteiger partial charge is 0.346 e. The Balaban J connectivity index is 1.62. The van der Waals surface area contributed by atoms with Crippen molar-refractivity contribution < 1.29 is 8.42 Å². The Kier molecular flexibility index (Phi) is 5.82. The smallest absolute Gasteiger partial charge is 0.243 e. The van der Waals surface area contributed by atoms with Crippen LogP contribution >= 0.6 is 23.8 Å². The molecule has 26 heavy (non-hydrogen) atoms. The Bertz CT molecular complexity index is 893. The highest BCUT2D eigenvalue weighted by Crippen LogP contribution is 2.20. The van der Waals surface area contributed by atoms with Gasteiger partial charge in [0.05, 0.1) is 4.90 Å². The Morgan fingerprint density at radius 2 is 1.65 bits per heavy atom. The summed E-state index contributed by atoms with van der Waals surface area (Å²) in [6, 6.07) is 14.2. The van der Waals surface area contributed by atoms with E-state index < -0.39 is 10.0 Å².